The van der Waals surface area contributed by atoms with E-state index in [2.05, 4.69) is 31.3 Å². The average Bonchev–Trinajstić information content (AvgIpc) is 2.92. The van der Waals surface area contributed by atoms with Crippen LogP contribution in [0.4, 0.5) is 0 Å². The first-order valence-electron chi connectivity index (χ1n) is 8.94. The van der Waals surface area contributed by atoms with E-state index < -0.39 is 0 Å². The molecule has 1 aromatic heterocycles. The van der Waals surface area contributed by atoms with Gasteiger partial charge in [-0.3, -0.25) is 4.79 Å². The van der Waals surface area contributed by atoms with Crippen LogP contribution in [-0.2, 0) is 22.5 Å². The number of nitrogens with zero attached hydrogens (tertiary/aromatic N) is 2. The summed E-state index contributed by atoms with van der Waals surface area (Å²) < 4.78 is 6.99. The number of fused-ring (bicyclic) bond motifs is 1. The van der Waals surface area contributed by atoms with Crippen LogP contribution in [0.5, 0.6) is 0 Å². The highest BCUT2D eigenvalue weighted by Gasteiger charge is 2.15. The molecule has 5 nitrogen and oxygen atoms in total. The number of ether oxygens (including phenoxy) is 1. The summed E-state index contributed by atoms with van der Waals surface area (Å²) in [5.74, 6) is 0.788. The Morgan fingerprint density at radius 2 is 2.00 bits per heavy atom. The minimum atomic E-state index is -0.0584. The molecule has 0 aliphatic rings. The molecule has 1 amide bonds. The Morgan fingerprint density at radius 3 is 2.74 bits per heavy atom. The van der Waals surface area contributed by atoms with Gasteiger partial charge < -0.3 is 14.6 Å². The Hall–Kier alpha value is -2.37. The van der Waals surface area contributed by atoms with Gasteiger partial charge in [0.15, 0.2) is 0 Å². The van der Waals surface area contributed by atoms with Crippen LogP contribution in [0.2, 0.25) is 5.02 Å². The van der Waals surface area contributed by atoms with Gasteiger partial charge in [-0.25, -0.2) is 4.98 Å². The molecule has 1 N–H and O–H groups in total. The van der Waals surface area contributed by atoms with Crippen molar-refractivity contribution in [3.05, 3.63) is 63.9 Å². The van der Waals surface area contributed by atoms with E-state index in [0.717, 1.165) is 22.4 Å². The summed E-state index contributed by atoms with van der Waals surface area (Å²) in [6, 6.07) is 11.9. The standard InChI is InChI=1S/C21H24ClN3O2/c1-14-9-18-19(10-15(14)2)25(13-21(26)23-7-8-27-3)20(24-18)12-16-5-4-6-17(22)11-16/h4-6,9-11H,7-8,12-13H2,1-3H3,(H,23,26). The van der Waals surface area contributed by atoms with E-state index in [4.69, 9.17) is 21.3 Å². The summed E-state index contributed by atoms with van der Waals surface area (Å²) in [6.07, 6.45) is 0.610. The molecule has 0 spiro atoms. The Bertz CT molecular complexity index is 965. The quantitative estimate of drug-likeness (QED) is 0.631. The zero-order chi connectivity index (χ0) is 19.4. The summed E-state index contributed by atoms with van der Waals surface area (Å²) in [4.78, 5) is 17.2. The maximum absolute atomic E-state index is 12.4. The van der Waals surface area contributed by atoms with Gasteiger partial charge in [-0.15, -0.1) is 0 Å². The molecular formula is C21H24ClN3O2. The highest BCUT2D eigenvalue weighted by Crippen LogP contribution is 2.23. The predicted octanol–water partition coefficient (Wildman–Crippen LogP) is 3.66. The molecule has 0 unspecified atom stereocenters. The van der Waals surface area contributed by atoms with Crippen LogP contribution in [-0.4, -0.2) is 35.7 Å². The third kappa shape index (κ3) is 4.67. The SMILES string of the molecule is COCCNC(=O)Cn1c(Cc2cccc(Cl)c2)nc2cc(C)c(C)cc21. The molecule has 0 saturated heterocycles. The summed E-state index contributed by atoms with van der Waals surface area (Å²) in [5, 5.41) is 3.57. The second-order valence-electron chi connectivity index (χ2n) is 6.69. The van der Waals surface area contributed by atoms with Gasteiger partial charge in [0.25, 0.3) is 0 Å². The van der Waals surface area contributed by atoms with Crippen LogP contribution in [0.3, 0.4) is 0 Å². The number of halogens is 1. The monoisotopic (exact) mass is 385 g/mol. The first kappa shape index (κ1) is 19.4. The topological polar surface area (TPSA) is 56.1 Å². The van der Waals surface area contributed by atoms with Gasteiger partial charge >= 0.3 is 0 Å². The van der Waals surface area contributed by atoms with Gasteiger partial charge in [0, 0.05) is 25.1 Å². The lowest BCUT2D eigenvalue weighted by molar-refractivity contribution is -0.121. The number of aryl methyl sites for hydroxylation is 2. The lowest BCUT2D eigenvalue weighted by Crippen LogP contribution is -2.30. The summed E-state index contributed by atoms with van der Waals surface area (Å²) in [5.41, 5.74) is 5.30. The van der Waals surface area contributed by atoms with Gasteiger partial charge in [-0.05, 0) is 54.8 Å². The normalized spacial score (nSPS) is 11.1. The average molecular weight is 386 g/mol. The predicted molar refractivity (Wildman–Crippen MR) is 108 cm³/mol. The maximum atomic E-state index is 12.4. The molecule has 142 valence electrons. The number of aromatic nitrogens is 2. The fourth-order valence-corrected chi connectivity index (χ4v) is 3.28. The molecule has 3 rings (SSSR count). The molecule has 0 saturated carbocycles. The number of benzene rings is 2. The Balaban J connectivity index is 1.96. The second-order valence-corrected chi connectivity index (χ2v) is 7.13. The number of rotatable bonds is 7. The number of carbonyl (C=O) groups is 1. The van der Waals surface area contributed by atoms with Gasteiger partial charge in [-0.1, -0.05) is 23.7 Å². The van der Waals surface area contributed by atoms with E-state index in [-0.39, 0.29) is 12.5 Å². The van der Waals surface area contributed by atoms with Gasteiger partial charge in [0.1, 0.15) is 12.4 Å². The van der Waals surface area contributed by atoms with Gasteiger partial charge in [-0.2, -0.15) is 0 Å². The number of carbonyl (C=O) groups excluding carboxylic acids is 1. The molecule has 0 aliphatic heterocycles. The first-order valence-corrected chi connectivity index (χ1v) is 9.32. The molecule has 2 aromatic carbocycles. The zero-order valence-corrected chi connectivity index (χ0v) is 16.6. The summed E-state index contributed by atoms with van der Waals surface area (Å²) in [7, 11) is 1.61. The first-order chi connectivity index (χ1) is 13.0. The fraction of sp³-hybridized carbons (Fsp3) is 0.333. The van der Waals surface area contributed by atoms with Crippen LogP contribution in [0.15, 0.2) is 36.4 Å². The molecule has 27 heavy (non-hydrogen) atoms. The van der Waals surface area contributed by atoms with E-state index in [1.54, 1.807) is 7.11 Å². The van der Waals surface area contributed by atoms with Crippen molar-refractivity contribution in [2.45, 2.75) is 26.8 Å². The van der Waals surface area contributed by atoms with Crippen LogP contribution >= 0.6 is 11.6 Å². The van der Waals surface area contributed by atoms with E-state index in [0.29, 0.717) is 24.6 Å². The zero-order valence-electron chi connectivity index (χ0n) is 15.9. The van der Waals surface area contributed by atoms with Crippen molar-refractivity contribution in [2.24, 2.45) is 0 Å². The van der Waals surface area contributed by atoms with E-state index in [9.17, 15) is 4.79 Å². The van der Waals surface area contributed by atoms with E-state index in [1.807, 2.05) is 28.8 Å². The Kier molecular flexibility index (Phi) is 6.14. The van der Waals surface area contributed by atoms with Crippen LogP contribution in [0, 0.1) is 13.8 Å². The fourth-order valence-electron chi connectivity index (χ4n) is 3.06. The van der Waals surface area contributed by atoms with Crippen molar-refractivity contribution in [3.8, 4) is 0 Å². The lowest BCUT2D eigenvalue weighted by atomic mass is 10.1. The van der Waals surface area contributed by atoms with Crippen LogP contribution in [0.25, 0.3) is 11.0 Å². The molecule has 3 aromatic rings. The van der Waals surface area contributed by atoms with E-state index in [1.165, 1.54) is 11.1 Å². The van der Waals surface area contributed by atoms with Crippen LogP contribution in [0.1, 0.15) is 22.5 Å². The molecular weight excluding hydrogens is 362 g/mol. The number of nitrogens with one attached hydrogen (secondary N) is 1. The molecule has 1 heterocycles. The number of hydrogen-bond donors (Lipinski definition) is 1. The number of amides is 1. The summed E-state index contributed by atoms with van der Waals surface area (Å²) >= 11 is 6.12. The molecule has 0 bridgehead atoms. The Morgan fingerprint density at radius 1 is 1.22 bits per heavy atom. The van der Waals surface area contributed by atoms with Crippen LogP contribution < -0.4 is 5.32 Å². The summed E-state index contributed by atoms with van der Waals surface area (Å²) in [6.45, 7) is 5.34. The number of imidazole rings is 1. The highest BCUT2D eigenvalue weighted by molar-refractivity contribution is 6.30. The molecule has 0 radical (unpaired) electrons. The minimum Gasteiger partial charge on any atom is -0.383 e. The third-order valence-electron chi connectivity index (χ3n) is 4.62. The van der Waals surface area contributed by atoms with Crippen molar-refractivity contribution in [1.82, 2.24) is 14.9 Å². The van der Waals surface area contributed by atoms with Gasteiger partial charge in [0.2, 0.25) is 5.91 Å². The molecule has 0 fully saturated rings. The molecule has 0 atom stereocenters. The number of hydrogen-bond acceptors (Lipinski definition) is 3. The van der Waals surface area contributed by atoms with Crippen molar-refractivity contribution in [3.63, 3.8) is 0 Å². The Labute approximate surface area is 164 Å². The van der Waals surface area contributed by atoms with Crippen molar-refractivity contribution in [1.29, 1.82) is 0 Å². The third-order valence-corrected chi connectivity index (χ3v) is 4.86. The second kappa shape index (κ2) is 8.55. The molecule has 6 heteroatoms. The largest absolute Gasteiger partial charge is 0.383 e. The van der Waals surface area contributed by atoms with Crippen molar-refractivity contribution < 1.29 is 9.53 Å². The highest BCUT2D eigenvalue weighted by atomic mass is 35.5. The maximum Gasteiger partial charge on any atom is 0.240 e. The van der Waals surface area contributed by atoms with Crippen molar-refractivity contribution in [2.75, 3.05) is 20.3 Å². The lowest BCUT2D eigenvalue weighted by Gasteiger charge is -2.11. The smallest absolute Gasteiger partial charge is 0.240 e. The van der Waals surface area contributed by atoms with Crippen molar-refractivity contribution >= 4 is 28.5 Å². The van der Waals surface area contributed by atoms with E-state index >= 15 is 0 Å². The van der Waals surface area contributed by atoms with Gasteiger partial charge in [0.05, 0.1) is 17.6 Å². The minimum absolute atomic E-state index is 0.0584. The number of methoxy groups -OCH3 is 1. The molecule has 0 aliphatic carbocycles.